The van der Waals surface area contributed by atoms with Gasteiger partial charge in [-0.25, -0.2) is 4.98 Å². The van der Waals surface area contributed by atoms with E-state index >= 15 is 0 Å². The van der Waals surface area contributed by atoms with E-state index in [4.69, 9.17) is 4.74 Å². The van der Waals surface area contributed by atoms with Gasteiger partial charge in [0.25, 0.3) is 11.5 Å². The molecule has 0 aliphatic heterocycles. The summed E-state index contributed by atoms with van der Waals surface area (Å²) >= 11 is 0. The number of para-hydroxylation sites is 1. The molecule has 1 atom stereocenters. The normalized spacial score (nSPS) is 14.3. The summed E-state index contributed by atoms with van der Waals surface area (Å²) in [6.07, 6.45) is 1.31. The van der Waals surface area contributed by atoms with Gasteiger partial charge < -0.3 is 10.1 Å². The molecule has 1 aliphatic carbocycles. The number of aromatic nitrogens is 2. The summed E-state index contributed by atoms with van der Waals surface area (Å²) < 4.78 is 6.82. The predicted molar refractivity (Wildman–Crippen MR) is 117 cm³/mol. The van der Waals surface area contributed by atoms with Gasteiger partial charge in [0.2, 0.25) is 0 Å². The van der Waals surface area contributed by atoms with Crippen LogP contribution in [-0.4, -0.2) is 33.6 Å². The van der Waals surface area contributed by atoms with Crippen molar-refractivity contribution < 1.29 is 14.3 Å². The van der Waals surface area contributed by atoms with E-state index in [0.29, 0.717) is 22.4 Å². The van der Waals surface area contributed by atoms with Crippen LogP contribution in [-0.2, 0) is 20.7 Å². The summed E-state index contributed by atoms with van der Waals surface area (Å²) in [5, 5.41) is 3.34. The first-order chi connectivity index (χ1) is 14.9. The standard InChI is InChI=1S/C24H25N3O4/c1-15-7-11-18(12-8-15)27-21(26-20-6-4-3-5-19(20)24(27)30)13-14-22(28)31-16(2)23(29)25-17-9-10-17/h3-8,11-12,16-17H,9-10,13-14H2,1-2H3,(H,25,29)/t16-/m1/s1. The summed E-state index contributed by atoms with van der Waals surface area (Å²) in [6.45, 7) is 3.54. The maximum atomic E-state index is 13.2. The van der Waals surface area contributed by atoms with Gasteiger partial charge >= 0.3 is 5.97 Å². The minimum absolute atomic E-state index is 0.0116. The van der Waals surface area contributed by atoms with Crippen LogP contribution in [0.1, 0.15) is 37.6 Å². The molecule has 7 heteroatoms. The van der Waals surface area contributed by atoms with Gasteiger partial charge in [-0.2, -0.15) is 0 Å². The fourth-order valence-corrected chi connectivity index (χ4v) is 3.38. The number of nitrogens with one attached hydrogen (secondary N) is 1. The van der Waals surface area contributed by atoms with Crippen LogP contribution in [0.4, 0.5) is 0 Å². The van der Waals surface area contributed by atoms with E-state index in [1.807, 2.05) is 37.3 Å². The van der Waals surface area contributed by atoms with Crippen molar-refractivity contribution in [1.82, 2.24) is 14.9 Å². The fraction of sp³-hybridized carbons (Fsp3) is 0.333. The summed E-state index contributed by atoms with van der Waals surface area (Å²) in [7, 11) is 0. The molecule has 7 nitrogen and oxygen atoms in total. The number of amides is 1. The largest absolute Gasteiger partial charge is 0.453 e. The zero-order chi connectivity index (χ0) is 22.0. The second kappa shape index (κ2) is 8.71. The molecular formula is C24H25N3O4. The minimum Gasteiger partial charge on any atom is -0.453 e. The molecule has 2 aromatic carbocycles. The Morgan fingerprint density at radius 3 is 2.58 bits per heavy atom. The number of nitrogens with zero attached hydrogens (tertiary/aromatic N) is 2. The number of aryl methyl sites for hydroxylation is 2. The molecule has 0 unspecified atom stereocenters. The molecule has 160 valence electrons. The number of rotatable bonds is 7. The fourth-order valence-electron chi connectivity index (χ4n) is 3.38. The number of ether oxygens (including phenoxy) is 1. The highest BCUT2D eigenvalue weighted by atomic mass is 16.5. The number of hydrogen-bond acceptors (Lipinski definition) is 5. The number of carbonyl (C=O) groups excluding carboxylic acids is 2. The Morgan fingerprint density at radius 2 is 1.87 bits per heavy atom. The van der Waals surface area contributed by atoms with Gasteiger partial charge in [0, 0.05) is 12.5 Å². The lowest BCUT2D eigenvalue weighted by Crippen LogP contribution is -2.37. The lowest BCUT2D eigenvalue weighted by molar-refractivity contribution is -0.154. The Hall–Kier alpha value is -3.48. The molecule has 0 spiro atoms. The van der Waals surface area contributed by atoms with Gasteiger partial charge in [-0.1, -0.05) is 29.8 Å². The average Bonchev–Trinajstić information content (AvgIpc) is 3.57. The van der Waals surface area contributed by atoms with Crippen molar-refractivity contribution in [2.24, 2.45) is 0 Å². The van der Waals surface area contributed by atoms with Crippen molar-refractivity contribution in [2.75, 3.05) is 0 Å². The Balaban J connectivity index is 1.56. The monoisotopic (exact) mass is 419 g/mol. The third-order valence-corrected chi connectivity index (χ3v) is 5.29. The second-order valence-electron chi connectivity index (χ2n) is 7.94. The molecule has 1 amide bonds. The predicted octanol–water partition coefficient (Wildman–Crippen LogP) is 2.84. The van der Waals surface area contributed by atoms with E-state index in [9.17, 15) is 14.4 Å². The van der Waals surface area contributed by atoms with Crippen LogP contribution in [0.15, 0.2) is 53.3 Å². The van der Waals surface area contributed by atoms with E-state index < -0.39 is 12.1 Å². The number of benzene rings is 2. The molecule has 1 saturated carbocycles. The summed E-state index contributed by atoms with van der Waals surface area (Å²) in [5.74, 6) is -0.313. The molecule has 0 saturated heterocycles. The summed E-state index contributed by atoms with van der Waals surface area (Å²) in [4.78, 5) is 42.2. The van der Waals surface area contributed by atoms with Crippen molar-refractivity contribution in [2.45, 2.75) is 51.7 Å². The molecule has 0 bridgehead atoms. The van der Waals surface area contributed by atoms with Crippen molar-refractivity contribution in [3.63, 3.8) is 0 Å². The summed E-state index contributed by atoms with van der Waals surface area (Å²) in [6, 6.07) is 14.9. The van der Waals surface area contributed by atoms with E-state index in [0.717, 1.165) is 18.4 Å². The molecule has 1 aromatic heterocycles. The molecule has 1 heterocycles. The summed E-state index contributed by atoms with van der Waals surface area (Å²) in [5.41, 5.74) is 2.16. The van der Waals surface area contributed by atoms with Crippen LogP contribution in [0, 0.1) is 6.92 Å². The first-order valence-corrected chi connectivity index (χ1v) is 10.5. The molecule has 1 fully saturated rings. The minimum atomic E-state index is -0.850. The third-order valence-electron chi connectivity index (χ3n) is 5.29. The van der Waals surface area contributed by atoms with Gasteiger partial charge in [-0.15, -0.1) is 0 Å². The number of esters is 1. The SMILES string of the molecule is Cc1ccc(-n2c(CCC(=O)O[C@H](C)C(=O)NC3CC3)nc3ccccc3c2=O)cc1. The lowest BCUT2D eigenvalue weighted by Gasteiger charge is -2.15. The molecule has 1 N–H and O–H groups in total. The number of hydrogen-bond donors (Lipinski definition) is 1. The van der Waals surface area contributed by atoms with Crippen molar-refractivity contribution >= 4 is 22.8 Å². The van der Waals surface area contributed by atoms with E-state index in [1.54, 1.807) is 25.1 Å². The third kappa shape index (κ3) is 4.82. The van der Waals surface area contributed by atoms with E-state index in [2.05, 4.69) is 10.3 Å². The molecule has 4 rings (SSSR count). The molecular weight excluding hydrogens is 394 g/mol. The van der Waals surface area contributed by atoms with Gasteiger partial charge in [0.05, 0.1) is 23.0 Å². The molecule has 1 aliphatic rings. The topological polar surface area (TPSA) is 90.3 Å². The van der Waals surface area contributed by atoms with Crippen LogP contribution < -0.4 is 10.9 Å². The van der Waals surface area contributed by atoms with Crippen molar-refractivity contribution in [3.8, 4) is 5.69 Å². The number of fused-ring (bicyclic) bond motifs is 1. The van der Waals surface area contributed by atoms with Crippen LogP contribution in [0.5, 0.6) is 0 Å². The highest BCUT2D eigenvalue weighted by molar-refractivity contribution is 5.84. The van der Waals surface area contributed by atoms with Crippen molar-refractivity contribution in [3.05, 3.63) is 70.3 Å². The van der Waals surface area contributed by atoms with Gasteiger partial charge in [0.15, 0.2) is 6.10 Å². The maximum Gasteiger partial charge on any atom is 0.307 e. The highest BCUT2D eigenvalue weighted by Gasteiger charge is 2.27. The average molecular weight is 419 g/mol. The number of carbonyl (C=O) groups is 2. The van der Waals surface area contributed by atoms with E-state index in [-0.39, 0.29) is 30.3 Å². The van der Waals surface area contributed by atoms with Crippen LogP contribution >= 0.6 is 0 Å². The van der Waals surface area contributed by atoms with Gasteiger partial charge in [0.1, 0.15) is 5.82 Å². The zero-order valence-electron chi connectivity index (χ0n) is 17.6. The maximum absolute atomic E-state index is 13.2. The quantitative estimate of drug-likeness (QED) is 0.595. The van der Waals surface area contributed by atoms with Crippen LogP contribution in [0.25, 0.3) is 16.6 Å². The Kier molecular flexibility index (Phi) is 5.84. The molecule has 0 radical (unpaired) electrons. The Morgan fingerprint density at radius 1 is 1.16 bits per heavy atom. The van der Waals surface area contributed by atoms with Crippen LogP contribution in [0.3, 0.4) is 0 Å². The van der Waals surface area contributed by atoms with E-state index in [1.165, 1.54) is 4.57 Å². The molecule has 31 heavy (non-hydrogen) atoms. The lowest BCUT2D eigenvalue weighted by atomic mass is 10.2. The van der Waals surface area contributed by atoms with Crippen molar-refractivity contribution in [1.29, 1.82) is 0 Å². The highest BCUT2D eigenvalue weighted by Crippen LogP contribution is 2.19. The van der Waals surface area contributed by atoms with Gasteiger partial charge in [-0.05, 0) is 51.0 Å². The zero-order valence-corrected chi connectivity index (χ0v) is 17.6. The Bertz CT molecular complexity index is 1180. The first-order valence-electron chi connectivity index (χ1n) is 10.5. The molecule has 3 aromatic rings. The van der Waals surface area contributed by atoms with Crippen LogP contribution in [0.2, 0.25) is 0 Å². The smallest absolute Gasteiger partial charge is 0.307 e. The van der Waals surface area contributed by atoms with Gasteiger partial charge in [-0.3, -0.25) is 19.0 Å². The second-order valence-corrected chi connectivity index (χ2v) is 7.94. The Labute approximate surface area is 180 Å². The first kappa shape index (κ1) is 20.8.